The number of likely N-dealkylation sites (tertiary alicyclic amines) is 1. The van der Waals surface area contributed by atoms with Crippen molar-refractivity contribution in [3.05, 3.63) is 52.7 Å². The van der Waals surface area contributed by atoms with Gasteiger partial charge in [-0.2, -0.15) is 5.10 Å². The number of hydrogen-bond acceptors (Lipinski definition) is 6. The summed E-state index contributed by atoms with van der Waals surface area (Å²) in [5.41, 5.74) is -0.180. The Labute approximate surface area is 188 Å². The Morgan fingerprint density at radius 1 is 1.06 bits per heavy atom. The van der Waals surface area contributed by atoms with Gasteiger partial charge in [0.15, 0.2) is 5.69 Å². The Balaban J connectivity index is 1.37. The first-order valence-electron chi connectivity index (χ1n) is 10.9. The van der Waals surface area contributed by atoms with Crippen molar-refractivity contribution < 1.29 is 14.4 Å². The second kappa shape index (κ2) is 8.49. The molecule has 5 rings (SSSR count). The van der Waals surface area contributed by atoms with Gasteiger partial charge in [0.25, 0.3) is 11.5 Å². The van der Waals surface area contributed by atoms with Crippen molar-refractivity contribution in [3.8, 4) is 0 Å². The van der Waals surface area contributed by atoms with E-state index in [-0.39, 0.29) is 35.2 Å². The van der Waals surface area contributed by atoms with Crippen LogP contribution in [0.15, 0.2) is 41.5 Å². The molecule has 170 valence electrons. The van der Waals surface area contributed by atoms with Gasteiger partial charge in [0.1, 0.15) is 0 Å². The molecule has 11 nitrogen and oxygen atoms in total. The maximum Gasteiger partial charge on any atom is 0.315 e. The van der Waals surface area contributed by atoms with E-state index in [4.69, 9.17) is 0 Å². The number of rotatable bonds is 3. The van der Waals surface area contributed by atoms with Crippen molar-refractivity contribution in [2.45, 2.75) is 37.8 Å². The van der Waals surface area contributed by atoms with Crippen LogP contribution in [0.2, 0.25) is 0 Å². The molecule has 11 heteroatoms. The Kier molecular flexibility index (Phi) is 5.37. The Hall–Kier alpha value is -4.02. The number of nitrogens with one attached hydrogen (secondary N) is 4. The fourth-order valence-electron chi connectivity index (χ4n) is 4.89. The number of benzene rings is 1. The van der Waals surface area contributed by atoms with Crippen LogP contribution in [0.3, 0.4) is 0 Å². The maximum atomic E-state index is 13.5. The lowest BCUT2D eigenvalue weighted by Crippen LogP contribution is -2.60. The number of aromatic amines is 2. The molecule has 1 aromatic carbocycles. The zero-order valence-electron chi connectivity index (χ0n) is 17.7. The van der Waals surface area contributed by atoms with E-state index in [2.05, 4.69) is 30.8 Å². The SMILES string of the molecule is O=C(Nc1ncc[nH]1)C(=O)NC1CCC2CCN(C(=O)c3n[nH]c(=O)c4ccccc34)C1C2. The van der Waals surface area contributed by atoms with Gasteiger partial charge in [-0.05, 0) is 37.7 Å². The number of piperidine rings is 1. The Morgan fingerprint density at radius 3 is 2.67 bits per heavy atom. The highest BCUT2D eigenvalue weighted by Crippen LogP contribution is 2.36. The number of H-pyrrole nitrogens is 2. The van der Waals surface area contributed by atoms with Crippen LogP contribution in [0.5, 0.6) is 0 Å². The molecule has 33 heavy (non-hydrogen) atoms. The summed E-state index contributed by atoms with van der Waals surface area (Å²) >= 11 is 0. The van der Waals surface area contributed by atoms with Crippen LogP contribution in [-0.4, -0.2) is 61.4 Å². The van der Waals surface area contributed by atoms with Gasteiger partial charge < -0.3 is 15.2 Å². The van der Waals surface area contributed by atoms with Gasteiger partial charge in [-0.3, -0.25) is 24.5 Å². The average Bonchev–Trinajstić information content (AvgIpc) is 3.34. The van der Waals surface area contributed by atoms with Gasteiger partial charge in [-0.25, -0.2) is 10.1 Å². The molecule has 2 bridgehead atoms. The monoisotopic (exact) mass is 449 g/mol. The summed E-state index contributed by atoms with van der Waals surface area (Å²) in [5, 5.41) is 12.6. The van der Waals surface area contributed by atoms with E-state index in [1.165, 1.54) is 12.4 Å². The minimum Gasteiger partial charge on any atom is -0.343 e. The lowest BCUT2D eigenvalue weighted by molar-refractivity contribution is -0.137. The first-order valence-corrected chi connectivity index (χ1v) is 10.9. The van der Waals surface area contributed by atoms with Crippen LogP contribution in [0.1, 0.15) is 36.2 Å². The molecule has 3 atom stereocenters. The van der Waals surface area contributed by atoms with Crippen LogP contribution in [0, 0.1) is 5.92 Å². The molecule has 1 saturated carbocycles. The summed E-state index contributed by atoms with van der Waals surface area (Å²) in [5.74, 6) is -1.25. The van der Waals surface area contributed by atoms with Gasteiger partial charge in [-0.1, -0.05) is 18.2 Å². The molecule has 0 spiro atoms. The molecular weight excluding hydrogens is 426 g/mol. The number of anilines is 1. The largest absolute Gasteiger partial charge is 0.343 e. The summed E-state index contributed by atoms with van der Waals surface area (Å²) in [6.07, 6.45) is 6.19. The van der Waals surface area contributed by atoms with Crippen LogP contribution in [-0.2, 0) is 9.59 Å². The first kappa shape index (κ1) is 20.9. The number of carbonyl (C=O) groups excluding carboxylic acids is 3. The molecule has 3 amide bonds. The van der Waals surface area contributed by atoms with Crippen molar-refractivity contribution in [3.63, 3.8) is 0 Å². The summed E-state index contributed by atoms with van der Waals surface area (Å²) in [6, 6.07) is 6.22. The lowest BCUT2D eigenvalue weighted by atomic mass is 9.76. The fourth-order valence-corrected chi connectivity index (χ4v) is 4.89. The van der Waals surface area contributed by atoms with E-state index in [1.54, 1.807) is 29.2 Å². The van der Waals surface area contributed by atoms with Gasteiger partial charge in [-0.15, -0.1) is 0 Å². The smallest absolute Gasteiger partial charge is 0.315 e. The molecular formula is C22H23N7O4. The predicted molar refractivity (Wildman–Crippen MR) is 118 cm³/mol. The predicted octanol–water partition coefficient (Wildman–Crippen LogP) is 0.784. The number of aromatic nitrogens is 4. The van der Waals surface area contributed by atoms with E-state index in [1.807, 2.05) is 0 Å². The van der Waals surface area contributed by atoms with Crippen LogP contribution in [0.4, 0.5) is 5.95 Å². The zero-order valence-corrected chi connectivity index (χ0v) is 17.7. The second-order valence-corrected chi connectivity index (χ2v) is 8.45. The van der Waals surface area contributed by atoms with Crippen molar-refractivity contribution in [1.29, 1.82) is 0 Å². The Morgan fingerprint density at radius 2 is 1.88 bits per heavy atom. The van der Waals surface area contributed by atoms with Crippen LogP contribution in [0.25, 0.3) is 10.8 Å². The molecule has 1 aliphatic heterocycles. The topological polar surface area (TPSA) is 153 Å². The van der Waals surface area contributed by atoms with Gasteiger partial charge in [0, 0.05) is 30.4 Å². The maximum absolute atomic E-state index is 13.5. The van der Waals surface area contributed by atoms with Crippen molar-refractivity contribution >= 4 is 34.4 Å². The molecule has 4 N–H and O–H groups in total. The third-order valence-corrected chi connectivity index (χ3v) is 6.52. The van der Waals surface area contributed by atoms with Crippen molar-refractivity contribution in [2.24, 2.45) is 5.92 Å². The standard InChI is InChI=1S/C22H23N7O4/c30-18-14-4-2-1-3-13(14)17(27-28-18)21(33)29-10-7-12-5-6-15(16(29)11-12)25-19(31)20(32)26-22-23-8-9-24-22/h1-4,8-9,12,15-16H,5-7,10-11H2,(H,25,31)(H,28,30)(H2,23,24,26,32). The average molecular weight is 449 g/mol. The first-order chi connectivity index (χ1) is 16.0. The van der Waals surface area contributed by atoms with Crippen molar-refractivity contribution in [1.82, 2.24) is 30.4 Å². The highest BCUT2D eigenvalue weighted by Gasteiger charge is 2.42. The number of hydrogen-bond donors (Lipinski definition) is 4. The van der Waals surface area contributed by atoms with E-state index in [0.29, 0.717) is 29.7 Å². The van der Waals surface area contributed by atoms with Gasteiger partial charge >= 0.3 is 11.8 Å². The molecule has 2 aromatic heterocycles. The molecule has 3 unspecified atom stereocenters. The number of carbonyl (C=O) groups is 3. The van der Waals surface area contributed by atoms with Gasteiger partial charge in [0.05, 0.1) is 11.4 Å². The van der Waals surface area contributed by atoms with E-state index >= 15 is 0 Å². The molecule has 2 fully saturated rings. The lowest BCUT2D eigenvalue weighted by Gasteiger charge is -2.47. The van der Waals surface area contributed by atoms with E-state index < -0.39 is 11.8 Å². The molecule has 2 aliphatic rings. The molecule has 1 saturated heterocycles. The Bertz CT molecular complexity index is 1270. The summed E-state index contributed by atoms with van der Waals surface area (Å²) in [4.78, 5) is 58.8. The number of imidazole rings is 1. The van der Waals surface area contributed by atoms with E-state index in [0.717, 1.165) is 19.3 Å². The minimum absolute atomic E-state index is 0.176. The number of amides is 3. The molecule has 3 aromatic rings. The fraction of sp³-hybridized carbons (Fsp3) is 0.364. The summed E-state index contributed by atoms with van der Waals surface area (Å²) < 4.78 is 0. The third kappa shape index (κ3) is 3.97. The molecule has 1 aliphatic carbocycles. The highest BCUT2D eigenvalue weighted by molar-refractivity contribution is 6.39. The third-order valence-electron chi connectivity index (χ3n) is 6.52. The normalized spacial score (nSPS) is 22.1. The summed E-state index contributed by atoms with van der Waals surface area (Å²) in [6.45, 7) is 0.522. The minimum atomic E-state index is -0.825. The molecule has 0 radical (unpaired) electrons. The number of fused-ring (bicyclic) bond motifs is 3. The second-order valence-electron chi connectivity index (χ2n) is 8.45. The number of nitrogens with zero attached hydrogens (tertiary/aromatic N) is 3. The van der Waals surface area contributed by atoms with Crippen LogP contribution < -0.4 is 16.2 Å². The highest BCUT2D eigenvalue weighted by atomic mass is 16.2. The van der Waals surface area contributed by atoms with Crippen LogP contribution >= 0.6 is 0 Å². The molecule has 3 heterocycles. The zero-order chi connectivity index (χ0) is 22.9. The quantitative estimate of drug-likeness (QED) is 0.434. The summed E-state index contributed by atoms with van der Waals surface area (Å²) in [7, 11) is 0. The van der Waals surface area contributed by atoms with Gasteiger partial charge in [0.2, 0.25) is 5.95 Å². The van der Waals surface area contributed by atoms with E-state index in [9.17, 15) is 19.2 Å². The van der Waals surface area contributed by atoms with Crippen molar-refractivity contribution in [2.75, 3.05) is 11.9 Å².